The van der Waals surface area contributed by atoms with Crippen molar-refractivity contribution in [2.45, 2.75) is 12.8 Å². The van der Waals surface area contributed by atoms with E-state index in [-0.39, 0.29) is 15.7 Å². The predicted molar refractivity (Wildman–Crippen MR) is 124 cm³/mol. The molecule has 2 fully saturated rings. The first-order valence-corrected chi connectivity index (χ1v) is 11.4. The second kappa shape index (κ2) is 8.89. The van der Waals surface area contributed by atoms with Crippen molar-refractivity contribution in [1.82, 2.24) is 15.3 Å². The number of nitrogens with zero attached hydrogens (tertiary/aromatic N) is 2. The molecule has 0 amide bonds. The highest BCUT2D eigenvalue weighted by Crippen LogP contribution is 2.40. The summed E-state index contributed by atoms with van der Waals surface area (Å²) in [7, 11) is 1.59. The Bertz CT molecular complexity index is 1150. The third-order valence-electron chi connectivity index (χ3n) is 6.44. The van der Waals surface area contributed by atoms with Crippen molar-refractivity contribution in [1.29, 1.82) is 0 Å². The summed E-state index contributed by atoms with van der Waals surface area (Å²) in [6.45, 7) is 2.89. The van der Waals surface area contributed by atoms with Gasteiger partial charge in [-0.3, -0.25) is 0 Å². The van der Waals surface area contributed by atoms with Gasteiger partial charge in [0.1, 0.15) is 12.1 Å². The summed E-state index contributed by atoms with van der Waals surface area (Å²) in [6.07, 6.45) is 3.81. The van der Waals surface area contributed by atoms with Crippen molar-refractivity contribution in [2.75, 3.05) is 32.1 Å². The quantitative estimate of drug-likeness (QED) is 0.460. The molecule has 1 saturated heterocycles. The van der Waals surface area contributed by atoms with Gasteiger partial charge < -0.3 is 20.1 Å². The molecule has 9 heteroatoms. The molecule has 6 nitrogen and oxygen atoms in total. The van der Waals surface area contributed by atoms with E-state index in [1.54, 1.807) is 13.2 Å². The van der Waals surface area contributed by atoms with Gasteiger partial charge in [0, 0.05) is 11.5 Å². The number of anilines is 2. The van der Waals surface area contributed by atoms with Crippen LogP contribution in [0.15, 0.2) is 30.6 Å². The van der Waals surface area contributed by atoms with E-state index in [1.807, 2.05) is 6.07 Å². The van der Waals surface area contributed by atoms with Crippen LogP contribution in [0.5, 0.6) is 11.5 Å². The molecule has 0 unspecified atom stereocenters. The second-order valence-corrected chi connectivity index (χ2v) is 9.20. The van der Waals surface area contributed by atoms with Gasteiger partial charge in [-0.1, -0.05) is 23.2 Å². The summed E-state index contributed by atoms with van der Waals surface area (Å²) in [5.74, 6) is 3.08. The molecular formula is C23H23Cl2FN4O2. The lowest BCUT2D eigenvalue weighted by Crippen LogP contribution is -2.15. The van der Waals surface area contributed by atoms with E-state index in [9.17, 15) is 4.39 Å². The van der Waals surface area contributed by atoms with Gasteiger partial charge in [0.25, 0.3) is 0 Å². The Balaban J connectivity index is 1.39. The Hall–Kier alpha value is -2.35. The van der Waals surface area contributed by atoms with Gasteiger partial charge in [-0.05, 0) is 61.9 Å². The van der Waals surface area contributed by atoms with Crippen LogP contribution >= 0.6 is 23.2 Å². The number of ether oxygens (including phenoxy) is 2. The fraction of sp³-hybridized carbons (Fsp3) is 0.391. The van der Waals surface area contributed by atoms with Crippen LogP contribution in [-0.2, 0) is 0 Å². The summed E-state index contributed by atoms with van der Waals surface area (Å²) in [4.78, 5) is 8.64. The lowest BCUT2D eigenvalue weighted by atomic mass is 10.0. The number of benzene rings is 2. The van der Waals surface area contributed by atoms with Gasteiger partial charge >= 0.3 is 0 Å². The minimum atomic E-state index is -0.644. The van der Waals surface area contributed by atoms with E-state index in [0.717, 1.165) is 24.9 Å². The lowest BCUT2D eigenvalue weighted by molar-refractivity contribution is 0.234. The number of fused-ring (bicyclic) bond motifs is 2. The van der Waals surface area contributed by atoms with E-state index in [4.69, 9.17) is 32.7 Å². The highest BCUT2D eigenvalue weighted by molar-refractivity contribution is 6.42. The molecule has 2 heterocycles. The largest absolute Gasteiger partial charge is 0.493 e. The molecule has 2 aromatic carbocycles. The highest BCUT2D eigenvalue weighted by atomic mass is 35.5. The molecule has 2 N–H and O–H groups in total. The summed E-state index contributed by atoms with van der Waals surface area (Å²) < 4.78 is 26.3. The summed E-state index contributed by atoms with van der Waals surface area (Å²) >= 11 is 11.8. The van der Waals surface area contributed by atoms with Crippen LogP contribution in [-0.4, -0.2) is 36.8 Å². The molecule has 1 aliphatic carbocycles. The Morgan fingerprint density at radius 2 is 1.91 bits per heavy atom. The topological polar surface area (TPSA) is 68.3 Å². The maximum atomic E-state index is 14.5. The van der Waals surface area contributed by atoms with Gasteiger partial charge in [0.2, 0.25) is 0 Å². The standard InChI is InChI=1S/C23H23Cl2FN4O2/c1-31-19-6-15-18(7-20(19)32-10-12-4-13-8-27-9-14(13)5-12)28-11-29-23(15)30-17-3-2-16(24)21(25)22(17)26/h2-3,6-7,11-14,27H,4-5,8-10H2,1H3,(H,28,29,30)/t12-,13-,14+. The Kier molecular flexibility index (Phi) is 5.97. The van der Waals surface area contributed by atoms with E-state index >= 15 is 0 Å². The zero-order valence-corrected chi connectivity index (χ0v) is 19.0. The van der Waals surface area contributed by atoms with E-state index < -0.39 is 5.82 Å². The van der Waals surface area contributed by atoms with Gasteiger partial charge in [-0.25, -0.2) is 14.4 Å². The van der Waals surface area contributed by atoms with Crippen molar-refractivity contribution in [3.05, 3.63) is 46.5 Å². The monoisotopic (exact) mass is 476 g/mol. The average Bonchev–Trinajstić information content (AvgIpc) is 3.39. The van der Waals surface area contributed by atoms with E-state index in [0.29, 0.717) is 40.7 Å². The number of hydrogen-bond acceptors (Lipinski definition) is 6. The van der Waals surface area contributed by atoms with Crippen LogP contribution in [0.1, 0.15) is 12.8 Å². The number of halogens is 3. The van der Waals surface area contributed by atoms with Crippen molar-refractivity contribution >= 4 is 45.6 Å². The highest BCUT2D eigenvalue weighted by Gasteiger charge is 2.37. The SMILES string of the molecule is COc1cc2c(Nc3ccc(Cl)c(Cl)c3F)ncnc2cc1OC[C@H]1C[C@H]2CNC[C@H]2C1. The van der Waals surface area contributed by atoms with Crippen LogP contribution in [0, 0.1) is 23.6 Å². The third-order valence-corrected chi connectivity index (χ3v) is 7.22. The van der Waals surface area contributed by atoms with Crippen LogP contribution in [0.2, 0.25) is 10.0 Å². The zero-order chi connectivity index (χ0) is 22.2. The van der Waals surface area contributed by atoms with Crippen molar-refractivity contribution in [3.8, 4) is 11.5 Å². The lowest BCUT2D eigenvalue weighted by Gasteiger charge is -2.17. The number of rotatable bonds is 6. The second-order valence-electron chi connectivity index (χ2n) is 8.42. The molecular weight excluding hydrogens is 454 g/mol. The minimum absolute atomic E-state index is 0.143. The number of methoxy groups -OCH3 is 1. The molecule has 168 valence electrons. The molecule has 32 heavy (non-hydrogen) atoms. The van der Waals surface area contributed by atoms with Crippen molar-refractivity contribution < 1.29 is 13.9 Å². The molecule has 1 saturated carbocycles. The fourth-order valence-corrected chi connectivity index (χ4v) is 5.13. The molecule has 1 aliphatic heterocycles. The van der Waals surface area contributed by atoms with Gasteiger partial charge in [0.05, 0.1) is 35.0 Å². The van der Waals surface area contributed by atoms with Crippen LogP contribution in [0.3, 0.4) is 0 Å². The smallest absolute Gasteiger partial charge is 0.166 e. The third kappa shape index (κ3) is 4.05. The predicted octanol–water partition coefficient (Wildman–Crippen LogP) is 5.45. The maximum Gasteiger partial charge on any atom is 0.166 e. The van der Waals surface area contributed by atoms with Crippen molar-refractivity contribution in [3.63, 3.8) is 0 Å². The Morgan fingerprint density at radius 3 is 2.66 bits per heavy atom. The number of hydrogen-bond donors (Lipinski definition) is 2. The minimum Gasteiger partial charge on any atom is -0.493 e. The molecule has 3 atom stereocenters. The summed E-state index contributed by atoms with van der Waals surface area (Å²) in [5.41, 5.74) is 0.825. The molecule has 0 spiro atoms. The normalized spacial score (nSPS) is 22.2. The van der Waals surface area contributed by atoms with Gasteiger partial charge in [-0.2, -0.15) is 0 Å². The Labute approximate surface area is 195 Å². The zero-order valence-electron chi connectivity index (χ0n) is 17.5. The summed E-state index contributed by atoms with van der Waals surface area (Å²) in [6, 6.07) is 6.68. The van der Waals surface area contributed by atoms with Crippen molar-refractivity contribution in [2.24, 2.45) is 17.8 Å². The molecule has 5 rings (SSSR count). The van der Waals surface area contributed by atoms with Gasteiger partial charge in [-0.15, -0.1) is 0 Å². The van der Waals surface area contributed by atoms with E-state index in [1.165, 1.54) is 31.3 Å². The number of nitrogens with one attached hydrogen (secondary N) is 2. The Morgan fingerprint density at radius 1 is 1.12 bits per heavy atom. The first-order chi connectivity index (χ1) is 15.5. The summed E-state index contributed by atoms with van der Waals surface area (Å²) in [5, 5.41) is 7.13. The molecule has 0 radical (unpaired) electrons. The molecule has 3 aromatic rings. The van der Waals surface area contributed by atoms with E-state index in [2.05, 4.69) is 20.6 Å². The van der Waals surface area contributed by atoms with Crippen LogP contribution in [0.4, 0.5) is 15.9 Å². The van der Waals surface area contributed by atoms with Crippen LogP contribution in [0.25, 0.3) is 10.9 Å². The van der Waals surface area contributed by atoms with Gasteiger partial charge in [0.15, 0.2) is 17.3 Å². The van der Waals surface area contributed by atoms with Crippen LogP contribution < -0.4 is 20.1 Å². The fourth-order valence-electron chi connectivity index (χ4n) is 4.82. The first-order valence-electron chi connectivity index (χ1n) is 10.6. The first kappa shape index (κ1) is 21.5. The maximum absolute atomic E-state index is 14.5. The molecule has 1 aromatic heterocycles. The molecule has 2 aliphatic rings. The number of aromatic nitrogens is 2. The molecule has 0 bridgehead atoms. The average molecular weight is 477 g/mol.